The van der Waals surface area contributed by atoms with Gasteiger partial charge in [-0.1, -0.05) is 54.1 Å². The molecule has 2 heterocycles. The average molecular weight is 502 g/mol. The molecule has 1 aliphatic heterocycles. The molecule has 0 bridgehead atoms. The molecular formula is C27H24ClN5O3. The Morgan fingerprint density at radius 1 is 1.08 bits per heavy atom. The normalized spacial score (nSPS) is 14.6. The topological polar surface area (TPSA) is 90.3 Å². The summed E-state index contributed by atoms with van der Waals surface area (Å²) in [5, 5.41) is 11.3. The van der Waals surface area contributed by atoms with Crippen LogP contribution in [0.3, 0.4) is 0 Å². The van der Waals surface area contributed by atoms with E-state index in [9.17, 15) is 4.79 Å². The van der Waals surface area contributed by atoms with Crippen LogP contribution in [0, 0.1) is 0 Å². The zero-order valence-electron chi connectivity index (χ0n) is 19.7. The minimum atomic E-state index is -0.609. The third kappa shape index (κ3) is 4.63. The number of aromatic nitrogens is 3. The number of halogens is 1. The van der Waals surface area contributed by atoms with Crippen molar-refractivity contribution >= 4 is 29.1 Å². The fourth-order valence-electron chi connectivity index (χ4n) is 4.19. The van der Waals surface area contributed by atoms with E-state index in [-0.39, 0.29) is 12.5 Å². The van der Waals surface area contributed by atoms with Crippen molar-refractivity contribution in [1.82, 2.24) is 14.8 Å². The highest BCUT2D eigenvalue weighted by Crippen LogP contribution is 2.43. The molecule has 9 heteroatoms. The lowest BCUT2D eigenvalue weighted by molar-refractivity contribution is -0.113. The number of rotatable bonds is 7. The van der Waals surface area contributed by atoms with Gasteiger partial charge in [0.2, 0.25) is 5.95 Å². The van der Waals surface area contributed by atoms with Crippen LogP contribution in [0.5, 0.6) is 11.5 Å². The maximum atomic E-state index is 13.6. The number of para-hydroxylation sites is 2. The largest absolute Gasteiger partial charge is 0.493 e. The van der Waals surface area contributed by atoms with Crippen molar-refractivity contribution in [1.29, 1.82) is 0 Å². The Kier molecular flexibility index (Phi) is 6.60. The molecule has 1 aliphatic rings. The first kappa shape index (κ1) is 23.4. The molecule has 0 spiro atoms. The lowest BCUT2D eigenvalue weighted by Gasteiger charge is -2.30. The Hall–Kier alpha value is -4.30. The van der Waals surface area contributed by atoms with Crippen molar-refractivity contribution < 1.29 is 14.3 Å². The SMILES string of the molecule is COc1cccc(C2C(C(=O)Nc3ccccc3)=C(C)Nc3ncnn32)c1OCc1ccc(Cl)cc1. The zero-order chi connectivity index (χ0) is 25.1. The van der Waals surface area contributed by atoms with Crippen molar-refractivity contribution in [2.45, 2.75) is 19.6 Å². The lowest BCUT2D eigenvalue weighted by atomic mass is 9.94. The highest BCUT2D eigenvalue weighted by atomic mass is 35.5. The van der Waals surface area contributed by atoms with Gasteiger partial charge in [-0.25, -0.2) is 4.68 Å². The van der Waals surface area contributed by atoms with E-state index < -0.39 is 6.04 Å². The van der Waals surface area contributed by atoms with Crippen LogP contribution in [0.1, 0.15) is 24.1 Å². The van der Waals surface area contributed by atoms with E-state index in [1.165, 1.54) is 6.33 Å². The van der Waals surface area contributed by atoms with E-state index in [2.05, 4.69) is 20.7 Å². The van der Waals surface area contributed by atoms with Crippen LogP contribution in [-0.2, 0) is 11.4 Å². The molecule has 1 aromatic heterocycles. The van der Waals surface area contributed by atoms with E-state index in [0.717, 1.165) is 5.56 Å². The van der Waals surface area contributed by atoms with Crippen LogP contribution in [-0.4, -0.2) is 27.8 Å². The number of carbonyl (C=O) groups is 1. The van der Waals surface area contributed by atoms with Crippen LogP contribution in [0.4, 0.5) is 11.6 Å². The third-order valence-corrected chi connectivity index (χ3v) is 6.14. The summed E-state index contributed by atoms with van der Waals surface area (Å²) in [6.07, 6.45) is 1.45. The molecule has 8 nitrogen and oxygen atoms in total. The van der Waals surface area contributed by atoms with Gasteiger partial charge in [0, 0.05) is 22.0 Å². The van der Waals surface area contributed by atoms with Gasteiger partial charge in [-0.15, -0.1) is 0 Å². The fraction of sp³-hybridized carbons (Fsp3) is 0.148. The molecule has 1 atom stereocenters. The van der Waals surface area contributed by atoms with Crippen LogP contribution >= 0.6 is 11.6 Å². The van der Waals surface area contributed by atoms with Crippen molar-refractivity contribution in [3.63, 3.8) is 0 Å². The Morgan fingerprint density at radius 2 is 1.86 bits per heavy atom. The maximum Gasteiger partial charge on any atom is 0.255 e. The molecule has 0 saturated carbocycles. The van der Waals surface area contributed by atoms with E-state index in [1.54, 1.807) is 11.8 Å². The Labute approximate surface area is 213 Å². The van der Waals surface area contributed by atoms with Gasteiger partial charge in [-0.05, 0) is 42.8 Å². The molecule has 3 aromatic carbocycles. The van der Waals surface area contributed by atoms with E-state index in [1.807, 2.05) is 79.7 Å². The van der Waals surface area contributed by atoms with Crippen LogP contribution < -0.4 is 20.1 Å². The number of hydrogen-bond donors (Lipinski definition) is 2. The Bertz CT molecular complexity index is 1420. The molecule has 0 fully saturated rings. The molecule has 0 saturated heterocycles. The van der Waals surface area contributed by atoms with Crippen LogP contribution in [0.25, 0.3) is 0 Å². The molecule has 36 heavy (non-hydrogen) atoms. The minimum Gasteiger partial charge on any atom is -0.493 e. The molecular weight excluding hydrogens is 478 g/mol. The van der Waals surface area contributed by atoms with Crippen molar-refractivity contribution in [2.24, 2.45) is 0 Å². The monoisotopic (exact) mass is 501 g/mol. The molecule has 0 aliphatic carbocycles. The number of nitrogens with zero attached hydrogens (tertiary/aromatic N) is 3. The van der Waals surface area contributed by atoms with Gasteiger partial charge in [0.1, 0.15) is 19.0 Å². The number of ether oxygens (including phenoxy) is 2. The second-order valence-electron chi connectivity index (χ2n) is 8.21. The van der Waals surface area contributed by atoms with Gasteiger partial charge < -0.3 is 20.1 Å². The number of allylic oxidation sites excluding steroid dienone is 1. The van der Waals surface area contributed by atoms with Crippen LogP contribution in [0.15, 0.2) is 90.4 Å². The van der Waals surface area contributed by atoms with E-state index >= 15 is 0 Å². The first-order valence-electron chi connectivity index (χ1n) is 11.3. The highest BCUT2D eigenvalue weighted by molar-refractivity contribution is 6.30. The van der Waals surface area contributed by atoms with Gasteiger partial charge in [-0.3, -0.25) is 4.79 Å². The fourth-order valence-corrected chi connectivity index (χ4v) is 4.32. The summed E-state index contributed by atoms with van der Waals surface area (Å²) in [5.74, 6) is 1.33. The number of methoxy groups -OCH3 is 1. The number of carbonyl (C=O) groups excluding carboxylic acids is 1. The predicted molar refractivity (Wildman–Crippen MR) is 138 cm³/mol. The van der Waals surface area contributed by atoms with E-state index in [4.69, 9.17) is 21.1 Å². The standard InChI is InChI=1S/C27H24ClN5O3/c1-17-23(26(34)32-20-7-4-3-5-8-20)24(33-27(31-17)29-16-30-33)21-9-6-10-22(35-2)25(21)36-15-18-11-13-19(28)14-12-18/h3-14,16,24H,15H2,1-2H3,(H,32,34)(H,29,30,31). The summed E-state index contributed by atoms with van der Waals surface area (Å²) in [6.45, 7) is 2.13. The van der Waals surface area contributed by atoms with Gasteiger partial charge in [-0.2, -0.15) is 10.1 Å². The van der Waals surface area contributed by atoms with Crippen molar-refractivity contribution in [3.05, 3.63) is 107 Å². The summed E-state index contributed by atoms with van der Waals surface area (Å²) in [5.41, 5.74) is 3.50. The highest BCUT2D eigenvalue weighted by Gasteiger charge is 2.36. The molecule has 2 N–H and O–H groups in total. The lowest BCUT2D eigenvalue weighted by Crippen LogP contribution is -2.31. The second-order valence-corrected chi connectivity index (χ2v) is 8.64. The molecule has 1 unspecified atom stereocenters. The minimum absolute atomic E-state index is 0.260. The average Bonchev–Trinajstić information content (AvgIpc) is 3.36. The van der Waals surface area contributed by atoms with Gasteiger partial charge in [0.05, 0.1) is 12.7 Å². The smallest absolute Gasteiger partial charge is 0.255 e. The van der Waals surface area contributed by atoms with Crippen molar-refractivity contribution in [3.8, 4) is 11.5 Å². The molecule has 4 aromatic rings. The summed E-state index contributed by atoms with van der Waals surface area (Å²) < 4.78 is 13.6. The Balaban J connectivity index is 1.57. The molecule has 5 rings (SSSR count). The third-order valence-electron chi connectivity index (χ3n) is 5.89. The first-order valence-corrected chi connectivity index (χ1v) is 11.7. The quantitative estimate of drug-likeness (QED) is 0.350. The number of amides is 1. The predicted octanol–water partition coefficient (Wildman–Crippen LogP) is 5.45. The van der Waals surface area contributed by atoms with Gasteiger partial charge in [0.25, 0.3) is 5.91 Å². The maximum absolute atomic E-state index is 13.6. The molecule has 182 valence electrons. The second kappa shape index (κ2) is 10.1. The number of fused-ring (bicyclic) bond motifs is 1. The van der Waals surface area contributed by atoms with Gasteiger partial charge >= 0.3 is 0 Å². The molecule has 0 radical (unpaired) electrons. The number of benzene rings is 3. The number of anilines is 2. The molecule has 1 amide bonds. The summed E-state index contributed by atoms with van der Waals surface area (Å²) in [7, 11) is 1.59. The first-order chi connectivity index (χ1) is 17.5. The summed E-state index contributed by atoms with van der Waals surface area (Å²) in [4.78, 5) is 17.9. The summed E-state index contributed by atoms with van der Waals surface area (Å²) >= 11 is 6.03. The summed E-state index contributed by atoms with van der Waals surface area (Å²) in [6, 6.07) is 21.7. The van der Waals surface area contributed by atoms with Crippen molar-refractivity contribution in [2.75, 3.05) is 17.7 Å². The van der Waals surface area contributed by atoms with Crippen LogP contribution in [0.2, 0.25) is 5.02 Å². The Morgan fingerprint density at radius 3 is 2.61 bits per heavy atom. The number of hydrogen-bond acceptors (Lipinski definition) is 6. The number of nitrogens with one attached hydrogen (secondary N) is 2. The van der Waals surface area contributed by atoms with Gasteiger partial charge in [0.15, 0.2) is 11.5 Å². The zero-order valence-corrected chi connectivity index (χ0v) is 20.5. The van der Waals surface area contributed by atoms with E-state index in [0.29, 0.717) is 45.0 Å².